The number of aliphatic hydroxyl groups is 3. The molecule has 1 unspecified atom stereocenters. The van der Waals surface area contributed by atoms with Crippen LogP contribution in [0.15, 0.2) is 30.4 Å². The Hall–Kier alpha value is -1.60. The zero-order valence-corrected chi connectivity index (χ0v) is 16.8. The van der Waals surface area contributed by atoms with Crippen molar-refractivity contribution in [1.29, 1.82) is 0 Å². The number of nitrogens with zero attached hydrogens (tertiary/aromatic N) is 2. The number of rotatable bonds is 3. The van der Waals surface area contributed by atoms with Crippen molar-refractivity contribution < 1.29 is 20.1 Å². The third-order valence-electron chi connectivity index (χ3n) is 8.23. The van der Waals surface area contributed by atoms with Gasteiger partial charge in [-0.05, 0) is 31.0 Å². The summed E-state index contributed by atoms with van der Waals surface area (Å²) < 4.78 is 5.46. The molecule has 152 valence electrons. The van der Waals surface area contributed by atoms with E-state index in [1.54, 1.807) is 7.11 Å². The highest BCUT2D eigenvalue weighted by molar-refractivity contribution is 5.70. The maximum Gasteiger partial charge on any atom is 0.135 e. The molecule has 0 aromatic heterocycles. The van der Waals surface area contributed by atoms with Gasteiger partial charge in [0.05, 0.1) is 25.9 Å². The summed E-state index contributed by atoms with van der Waals surface area (Å²) in [6.07, 6.45) is 4.79. The third kappa shape index (κ3) is 1.79. The van der Waals surface area contributed by atoms with Crippen molar-refractivity contribution in [2.45, 2.75) is 49.0 Å². The minimum atomic E-state index is -1.62. The second-order valence-electron chi connectivity index (χ2n) is 9.00. The number of benzene rings is 1. The Morgan fingerprint density at radius 3 is 2.75 bits per heavy atom. The molecule has 3 aliphatic heterocycles. The molecule has 5 rings (SSSR count). The Morgan fingerprint density at radius 1 is 1.29 bits per heavy atom. The number of hydrogen-bond acceptors (Lipinski definition) is 6. The first-order valence-electron chi connectivity index (χ1n) is 10.2. The summed E-state index contributed by atoms with van der Waals surface area (Å²) >= 11 is 0. The lowest BCUT2D eigenvalue weighted by atomic mass is 9.48. The van der Waals surface area contributed by atoms with E-state index in [0.29, 0.717) is 6.42 Å². The van der Waals surface area contributed by atoms with Crippen molar-refractivity contribution in [3.05, 3.63) is 35.9 Å². The van der Waals surface area contributed by atoms with Crippen LogP contribution in [-0.4, -0.2) is 77.9 Å². The fourth-order valence-electron chi connectivity index (χ4n) is 7.27. The zero-order valence-electron chi connectivity index (χ0n) is 16.8. The summed E-state index contributed by atoms with van der Waals surface area (Å²) in [5, 5.41) is 33.7. The molecule has 6 atom stereocenters. The zero-order chi connectivity index (χ0) is 19.9. The average Bonchev–Trinajstić information content (AvgIpc) is 3.23. The van der Waals surface area contributed by atoms with E-state index in [9.17, 15) is 15.3 Å². The third-order valence-corrected chi connectivity index (χ3v) is 8.23. The van der Waals surface area contributed by atoms with Crippen LogP contribution in [0.5, 0.6) is 5.75 Å². The van der Waals surface area contributed by atoms with Crippen LogP contribution in [-0.2, 0) is 5.41 Å². The van der Waals surface area contributed by atoms with Gasteiger partial charge in [0, 0.05) is 42.2 Å². The second-order valence-corrected chi connectivity index (χ2v) is 9.00. The Kier molecular flexibility index (Phi) is 3.77. The van der Waals surface area contributed by atoms with Gasteiger partial charge in [-0.25, -0.2) is 0 Å². The molecule has 1 spiro atoms. The molecule has 2 fully saturated rings. The van der Waals surface area contributed by atoms with E-state index >= 15 is 0 Å². The molecule has 3 heterocycles. The quantitative estimate of drug-likeness (QED) is 0.670. The molecule has 1 aromatic carbocycles. The lowest BCUT2D eigenvalue weighted by Gasteiger charge is -2.63. The van der Waals surface area contributed by atoms with Crippen LogP contribution in [0.4, 0.5) is 5.69 Å². The van der Waals surface area contributed by atoms with Crippen molar-refractivity contribution in [3.8, 4) is 5.75 Å². The van der Waals surface area contributed by atoms with Gasteiger partial charge >= 0.3 is 0 Å². The first-order valence-corrected chi connectivity index (χ1v) is 10.2. The fourth-order valence-corrected chi connectivity index (χ4v) is 7.27. The summed E-state index contributed by atoms with van der Waals surface area (Å²) in [7, 11) is 3.62. The SMILES string of the molecule is CC[C@]12C=CCN3CC[C@@]4(c5ccc(OC)cc5N(C)[C@H]4C(O)(CO)[C@@H]1O)[C@@H]32. The first-order chi connectivity index (χ1) is 13.4. The molecule has 28 heavy (non-hydrogen) atoms. The Labute approximate surface area is 166 Å². The lowest BCUT2D eigenvalue weighted by Crippen LogP contribution is -2.79. The molecule has 6 heteroatoms. The van der Waals surface area contributed by atoms with E-state index in [2.05, 4.69) is 34.9 Å². The van der Waals surface area contributed by atoms with E-state index in [4.69, 9.17) is 4.74 Å². The smallest absolute Gasteiger partial charge is 0.135 e. The molecule has 0 bridgehead atoms. The molecule has 0 amide bonds. The van der Waals surface area contributed by atoms with Crippen LogP contribution in [0.1, 0.15) is 25.3 Å². The highest BCUT2D eigenvalue weighted by Crippen LogP contribution is 2.66. The predicted octanol–water partition coefficient (Wildman–Crippen LogP) is 0.890. The molecule has 0 radical (unpaired) electrons. The van der Waals surface area contributed by atoms with Crippen LogP contribution in [0.25, 0.3) is 0 Å². The molecule has 1 aromatic rings. The minimum absolute atomic E-state index is 0.0823. The molecule has 4 aliphatic rings. The molecule has 1 saturated carbocycles. The van der Waals surface area contributed by atoms with Crippen LogP contribution in [0.2, 0.25) is 0 Å². The Morgan fingerprint density at radius 2 is 2.07 bits per heavy atom. The fraction of sp³-hybridized carbons (Fsp3) is 0.636. The predicted molar refractivity (Wildman–Crippen MR) is 107 cm³/mol. The number of ether oxygens (including phenoxy) is 1. The van der Waals surface area contributed by atoms with E-state index in [1.807, 2.05) is 19.2 Å². The topological polar surface area (TPSA) is 76.4 Å². The Balaban J connectivity index is 1.83. The molecule has 6 nitrogen and oxygen atoms in total. The van der Waals surface area contributed by atoms with E-state index < -0.39 is 29.8 Å². The summed E-state index contributed by atoms with van der Waals surface area (Å²) in [4.78, 5) is 4.53. The number of hydrogen-bond donors (Lipinski definition) is 3. The first kappa shape index (κ1) is 18.4. The van der Waals surface area contributed by atoms with Crippen molar-refractivity contribution in [2.24, 2.45) is 5.41 Å². The van der Waals surface area contributed by atoms with Crippen molar-refractivity contribution >= 4 is 5.69 Å². The van der Waals surface area contributed by atoms with Crippen LogP contribution >= 0.6 is 0 Å². The molecule has 1 saturated heterocycles. The number of aliphatic hydroxyl groups excluding tert-OH is 2. The van der Waals surface area contributed by atoms with Crippen molar-refractivity contribution in [1.82, 2.24) is 4.90 Å². The number of anilines is 1. The highest BCUT2D eigenvalue weighted by atomic mass is 16.5. The number of methoxy groups -OCH3 is 1. The van der Waals surface area contributed by atoms with Gasteiger partial charge in [-0.2, -0.15) is 0 Å². The summed E-state index contributed by atoms with van der Waals surface area (Å²) in [5.41, 5.74) is -0.351. The number of fused-ring (bicyclic) bond motifs is 1. The molecule has 1 aliphatic carbocycles. The summed E-state index contributed by atoms with van der Waals surface area (Å²) in [5.74, 6) is 0.772. The number of likely N-dealkylation sites (N-methyl/N-ethyl adjacent to an activating group) is 1. The van der Waals surface area contributed by atoms with E-state index in [-0.39, 0.29) is 11.5 Å². The molecule has 3 N–H and O–H groups in total. The van der Waals surface area contributed by atoms with Gasteiger partial charge < -0.3 is 25.0 Å². The largest absolute Gasteiger partial charge is 0.497 e. The van der Waals surface area contributed by atoms with Gasteiger partial charge in [-0.1, -0.05) is 25.1 Å². The van der Waals surface area contributed by atoms with Crippen molar-refractivity contribution in [2.75, 3.05) is 38.8 Å². The maximum absolute atomic E-state index is 11.8. The average molecular weight is 386 g/mol. The highest BCUT2D eigenvalue weighted by Gasteiger charge is 2.76. The van der Waals surface area contributed by atoms with Crippen LogP contribution in [0.3, 0.4) is 0 Å². The monoisotopic (exact) mass is 386 g/mol. The second kappa shape index (κ2) is 5.72. The standard InChI is InChI=1S/C22H30N2O4/c1-4-20-8-5-10-24-11-9-21(17(20)24)15-7-6-14(28-3)12-16(15)23(2)18(21)22(27,13-25)19(20)26/h5-8,12,17-19,25-27H,4,9-11,13H2,1-3H3/t17-,18+,19+,20+,21+,22?/m0/s1. The summed E-state index contributed by atoms with van der Waals surface area (Å²) in [6, 6.07) is 5.81. The van der Waals surface area contributed by atoms with Gasteiger partial charge in [-0.3, -0.25) is 4.90 Å². The summed E-state index contributed by atoms with van der Waals surface area (Å²) in [6.45, 7) is 3.38. The van der Waals surface area contributed by atoms with Gasteiger partial charge in [-0.15, -0.1) is 0 Å². The molecular weight excluding hydrogens is 356 g/mol. The lowest BCUT2D eigenvalue weighted by molar-refractivity contribution is -0.213. The normalized spacial score (nSPS) is 43.6. The van der Waals surface area contributed by atoms with Gasteiger partial charge in [0.15, 0.2) is 0 Å². The van der Waals surface area contributed by atoms with E-state index in [1.165, 1.54) is 5.56 Å². The van der Waals surface area contributed by atoms with Gasteiger partial charge in [0.25, 0.3) is 0 Å². The van der Waals surface area contributed by atoms with Crippen LogP contribution < -0.4 is 9.64 Å². The maximum atomic E-state index is 11.8. The van der Waals surface area contributed by atoms with Gasteiger partial charge in [0.1, 0.15) is 11.4 Å². The van der Waals surface area contributed by atoms with E-state index in [0.717, 1.165) is 30.9 Å². The molecular formula is C22H30N2O4. The van der Waals surface area contributed by atoms with Gasteiger partial charge in [0.2, 0.25) is 0 Å². The minimum Gasteiger partial charge on any atom is -0.497 e. The Bertz CT molecular complexity index is 844. The van der Waals surface area contributed by atoms with Crippen molar-refractivity contribution in [3.63, 3.8) is 0 Å². The van der Waals surface area contributed by atoms with Crippen LogP contribution in [0, 0.1) is 5.41 Å².